The van der Waals surface area contributed by atoms with Gasteiger partial charge in [0.15, 0.2) is 5.69 Å². The number of anilines is 1. The number of aromatic hydroxyl groups is 1. The van der Waals surface area contributed by atoms with Gasteiger partial charge in [-0.2, -0.15) is 0 Å². The van der Waals surface area contributed by atoms with Crippen LogP contribution in [0, 0.1) is 0 Å². The van der Waals surface area contributed by atoms with Gasteiger partial charge >= 0.3 is 0 Å². The molecule has 2 N–H and O–H groups in total. The van der Waals surface area contributed by atoms with Gasteiger partial charge in [-0.1, -0.05) is 29.8 Å². The van der Waals surface area contributed by atoms with E-state index in [1.165, 1.54) is 25.3 Å². The summed E-state index contributed by atoms with van der Waals surface area (Å²) >= 11 is 5.97. The molecule has 1 aromatic heterocycles. The van der Waals surface area contributed by atoms with Crippen molar-refractivity contribution in [2.24, 2.45) is 10.2 Å². The lowest BCUT2D eigenvalue weighted by molar-refractivity contribution is -0.116. The standard InChI is InChI=1S/C18H17ClN4O5S/c1-28-15-8-7-11(19)9-14(15)23(29(2,26)27)10-16(24)21-22-17-12-5-3-4-6-13(12)20-18(17)25/h3-9,20,25H,10H2,1-2H3. The minimum atomic E-state index is -3.86. The summed E-state index contributed by atoms with van der Waals surface area (Å²) in [5.41, 5.74) is 0.800. The first kappa shape index (κ1) is 20.6. The molecule has 11 heteroatoms. The number of hydrogen-bond donors (Lipinski definition) is 2. The van der Waals surface area contributed by atoms with Crippen LogP contribution < -0.4 is 9.04 Å². The first-order chi connectivity index (χ1) is 13.7. The third kappa shape index (κ3) is 4.49. The number of halogens is 1. The molecule has 1 heterocycles. The molecule has 0 atom stereocenters. The van der Waals surface area contributed by atoms with Crippen molar-refractivity contribution in [1.29, 1.82) is 0 Å². The molecule has 0 saturated heterocycles. The Morgan fingerprint density at radius 3 is 2.69 bits per heavy atom. The van der Waals surface area contributed by atoms with Crippen LogP contribution in [0.15, 0.2) is 52.7 Å². The average molecular weight is 437 g/mol. The molecule has 152 valence electrons. The Labute approximate surface area is 171 Å². The number of para-hydroxylation sites is 1. The van der Waals surface area contributed by atoms with Gasteiger partial charge in [0.05, 0.1) is 24.6 Å². The number of H-pyrrole nitrogens is 1. The number of aromatic nitrogens is 1. The first-order valence-electron chi connectivity index (χ1n) is 8.26. The Morgan fingerprint density at radius 2 is 2.00 bits per heavy atom. The molecule has 0 saturated carbocycles. The minimum Gasteiger partial charge on any atom is -0.495 e. The Kier molecular flexibility index (Phi) is 5.76. The Balaban J connectivity index is 1.91. The van der Waals surface area contributed by atoms with Crippen LogP contribution in [0.5, 0.6) is 11.6 Å². The maximum atomic E-state index is 12.4. The minimum absolute atomic E-state index is 0.0835. The third-order valence-corrected chi connectivity index (χ3v) is 5.37. The molecular formula is C18H17ClN4O5S. The number of methoxy groups -OCH3 is 1. The summed E-state index contributed by atoms with van der Waals surface area (Å²) in [5.74, 6) is -0.875. The fraction of sp³-hybridized carbons (Fsp3) is 0.167. The van der Waals surface area contributed by atoms with Gasteiger partial charge in [-0.05, 0) is 24.3 Å². The van der Waals surface area contributed by atoms with Crippen molar-refractivity contribution in [3.05, 3.63) is 47.5 Å². The zero-order valence-electron chi connectivity index (χ0n) is 15.5. The number of fused-ring (bicyclic) bond motifs is 1. The molecule has 0 unspecified atom stereocenters. The van der Waals surface area contributed by atoms with E-state index in [-0.39, 0.29) is 28.0 Å². The van der Waals surface area contributed by atoms with Crippen molar-refractivity contribution in [2.75, 3.05) is 24.2 Å². The predicted molar refractivity (Wildman–Crippen MR) is 110 cm³/mol. The van der Waals surface area contributed by atoms with E-state index < -0.39 is 22.5 Å². The monoisotopic (exact) mass is 436 g/mol. The van der Waals surface area contributed by atoms with E-state index in [2.05, 4.69) is 15.2 Å². The lowest BCUT2D eigenvalue weighted by Crippen LogP contribution is -2.34. The van der Waals surface area contributed by atoms with Crippen molar-refractivity contribution in [2.45, 2.75) is 0 Å². The number of benzene rings is 2. The van der Waals surface area contributed by atoms with E-state index >= 15 is 0 Å². The van der Waals surface area contributed by atoms with Crippen molar-refractivity contribution in [3.63, 3.8) is 0 Å². The van der Waals surface area contributed by atoms with E-state index in [1.54, 1.807) is 24.3 Å². The number of azo groups is 1. The largest absolute Gasteiger partial charge is 0.495 e. The maximum absolute atomic E-state index is 12.4. The molecule has 3 aromatic rings. The van der Waals surface area contributed by atoms with Gasteiger partial charge in [-0.15, -0.1) is 10.2 Å². The SMILES string of the molecule is COc1ccc(Cl)cc1N(CC(=O)N=Nc1c(O)[nH]c2ccccc12)S(C)(=O)=O. The highest BCUT2D eigenvalue weighted by Gasteiger charge is 2.24. The highest BCUT2D eigenvalue weighted by molar-refractivity contribution is 7.92. The summed E-state index contributed by atoms with van der Waals surface area (Å²) in [6.07, 6.45) is 0.948. The normalized spacial score (nSPS) is 11.8. The van der Waals surface area contributed by atoms with Crippen LogP contribution in [0.3, 0.4) is 0 Å². The Bertz CT molecular complexity index is 1210. The zero-order valence-corrected chi connectivity index (χ0v) is 17.0. The molecule has 3 rings (SSSR count). The summed E-state index contributed by atoms with van der Waals surface area (Å²) in [6.45, 7) is -0.623. The first-order valence-corrected chi connectivity index (χ1v) is 10.5. The Hall–Kier alpha value is -3.11. The number of nitrogens with one attached hydrogen (secondary N) is 1. The van der Waals surface area contributed by atoms with Crippen molar-refractivity contribution >= 4 is 49.8 Å². The van der Waals surface area contributed by atoms with Crippen LogP contribution in [-0.2, 0) is 14.8 Å². The molecule has 2 aromatic carbocycles. The highest BCUT2D eigenvalue weighted by Crippen LogP contribution is 2.35. The lowest BCUT2D eigenvalue weighted by Gasteiger charge is -2.22. The summed E-state index contributed by atoms with van der Waals surface area (Å²) in [6, 6.07) is 11.3. The van der Waals surface area contributed by atoms with Gasteiger partial charge in [0.2, 0.25) is 15.9 Å². The van der Waals surface area contributed by atoms with Crippen LogP contribution >= 0.6 is 11.6 Å². The van der Waals surface area contributed by atoms with Crippen LogP contribution in [-0.4, -0.2) is 44.3 Å². The predicted octanol–water partition coefficient (Wildman–Crippen LogP) is 3.61. The summed E-state index contributed by atoms with van der Waals surface area (Å²) in [4.78, 5) is 15.1. The molecule has 0 fully saturated rings. The van der Waals surface area contributed by atoms with Crippen LogP contribution in [0.25, 0.3) is 10.9 Å². The maximum Gasteiger partial charge on any atom is 0.285 e. The van der Waals surface area contributed by atoms with Gasteiger partial charge in [0, 0.05) is 10.4 Å². The van der Waals surface area contributed by atoms with Gasteiger partial charge in [-0.25, -0.2) is 8.42 Å². The number of sulfonamides is 1. The smallest absolute Gasteiger partial charge is 0.285 e. The summed E-state index contributed by atoms with van der Waals surface area (Å²) < 4.78 is 30.5. The summed E-state index contributed by atoms with van der Waals surface area (Å²) in [5, 5.41) is 18.2. The average Bonchev–Trinajstić information content (AvgIpc) is 2.98. The second-order valence-corrected chi connectivity index (χ2v) is 8.39. The molecule has 0 radical (unpaired) electrons. The van der Waals surface area contributed by atoms with E-state index in [0.29, 0.717) is 10.9 Å². The van der Waals surface area contributed by atoms with E-state index in [1.807, 2.05) is 0 Å². The third-order valence-electron chi connectivity index (χ3n) is 4.01. The number of aromatic amines is 1. The number of carbonyl (C=O) groups excluding carboxylic acids is 1. The van der Waals surface area contributed by atoms with Crippen LogP contribution in [0.1, 0.15) is 0 Å². The van der Waals surface area contributed by atoms with Crippen LogP contribution in [0.4, 0.5) is 11.4 Å². The molecular weight excluding hydrogens is 420 g/mol. The quantitative estimate of drug-likeness (QED) is 0.571. The molecule has 0 aliphatic rings. The van der Waals surface area contributed by atoms with Gasteiger partial charge in [-0.3, -0.25) is 9.10 Å². The second kappa shape index (κ2) is 8.10. The fourth-order valence-corrected chi connectivity index (χ4v) is 3.72. The molecule has 1 amide bonds. The molecule has 9 nitrogen and oxygen atoms in total. The van der Waals surface area contributed by atoms with E-state index in [0.717, 1.165) is 10.6 Å². The number of ether oxygens (including phenoxy) is 1. The second-order valence-electron chi connectivity index (χ2n) is 6.05. The number of rotatable bonds is 6. The number of carbonyl (C=O) groups is 1. The number of nitrogens with zero attached hydrogens (tertiary/aromatic N) is 3. The van der Waals surface area contributed by atoms with Crippen LogP contribution in [0.2, 0.25) is 5.02 Å². The van der Waals surface area contributed by atoms with Gasteiger partial charge in [0.25, 0.3) is 5.91 Å². The zero-order chi connectivity index (χ0) is 21.2. The van der Waals surface area contributed by atoms with Crippen molar-refractivity contribution in [1.82, 2.24) is 4.98 Å². The number of hydrogen-bond acceptors (Lipinski definition) is 6. The Morgan fingerprint density at radius 1 is 1.28 bits per heavy atom. The summed E-state index contributed by atoms with van der Waals surface area (Å²) in [7, 11) is -2.49. The topological polar surface area (TPSA) is 124 Å². The molecule has 0 spiro atoms. The fourth-order valence-electron chi connectivity index (χ4n) is 2.71. The van der Waals surface area contributed by atoms with Crippen molar-refractivity contribution < 1.29 is 23.1 Å². The number of amides is 1. The van der Waals surface area contributed by atoms with Gasteiger partial charge in [0.1, 0.15) is 12.3 Å². The molecule has 29 heavy (non-hydrogen) atoms. The highest BCUT2D eigenvalue weighted by atomic mass is 35.5. The molecule has 0 aliphatic heterocycles. The lowest BCUT2D eigenvalue weighted by atomic mass is 10.2. The molecule has 0 aliphatic carbocycles. The molecule has 0 bridgehead atoms. The van der Waals surface area contributed by atoms with E-state index in [9.17, 15) is 18.3 Å². The van der Waals surface area contributed by atoms with Crippen molar-refractivity contribution in [3.8, 4) is 11.6 Å². The van der Waals surface area contributed by atoms with E-state index in [4.69, 9.17) is 16.3 Å². The van der Waals surface area contributed by atoms with Gasteiger partial charge < -0.3 is 14.8 Å².